The minimum atomic E-state index is -0.464. The van der Waals surface area contributed by atoms with E-state index in [2.05, 4.69) is 28.8 Å². The van der Waals surface area contributed by atoms with Gasteiger partial charge in [-0.05, 0) is 41.5 Å². The summed E-state index contributed by atoms with van der Waals surface area (Å²) >= 11 is 7.37. The molecule has 2 unspecified atom stereocenters. The Kier molecular flexibility index (Phi) is 5.29. The predicted molar refractivity (Wildman–Crippen MR) is 115 cm³/mol. The Morgan fingerprint density at radius 3 is 2.82 bits per heavy atom. The molecule has 0 radical (unpaired) electrons. The molecule has 2 amide bonds. The van der Waals surface area contributed by atoms with Crippen LogP contribution < -0.4 is 10.6 Å². The lowest BCUT2D eigenvalue weighted by molar-refractivity contribution is -0.124. The topological polar surface area (TPSA) is 58.2 Å². The average Bonchev–Trinajstić information content (AvgIpc) is 2.68. The van der Waals surface area contributed by atoms with Crippen LogP contribution in [-0.4, -0.2) is 17.1 Å². The summed E-state index contributed by atoms with van der Waals surface area (Å²) in [7, 11) is 0. The third-order valence-electron chi connectivity index (χ3n) is 4.80. The molecule has 0 saturated carbocycles. The number of carbonyl (C=O) groups is 2. The zero-order valence-corrected chi connectivity index (χ0v) is 16.8. The summed E-state index contributed by atoms with van der Waals surface area (Å²) in [4.78, 5) is 25.9. The first-order chi connectivity index (χ1) is 13.5. The molecule has 0 aliphatic carbocycles. The molecule has 6 heteroatoms. The van der Waals surface area contributed by atoms with Gasteiger partial charge >= 0.3 is 0 Å². The maximum Gasteiger partial charge on any atom is 0.238 e. The van der Waals surface area contributed by atoms with Crippen LogP contribution in [0.2, 0.25) is 5.02 Å². The number of nitrogens with one attached hydrogen (secondary N) is 2. The van der Waals surface area contributed by atoms with E-state index in [9.17, 15) is 9.59 Å². The number of thioether (sulfide) groups is 1. The van der Waals surface area contributed by atoms with Crippen molar-refractivity contribution in [2.45, 2.75) is 29.5 Å². The number of hydrogen-bond acceptors (Lipinski definition) is 3. The van der Waals surface area contributed by atoms with Gasteiger partial charge in [-0.2, -0.15) is 0 Å². The van der Waals surface area contributed by atoms with Crippen LogP contribution in [0.3, 0.4) is 0 Å². The van der Waals surface area contributed by atoms with E-state index in [0.29, 0.717) is 10.7 Å². The lowest BCUT2D eigenvalue weighted by Crippen LogP contribution is -2.35. The van der Waals surface area contributed by atoms with E-state index < -0.39 is 5.25 Å². The lowest BCUT2D eigenvalue weighted by atomic mass is 9.99. The lowest BCUT2D eigenvalue weighted by Gasteiger charge is -2.24. The molecular formula is C22H19ClN2O2S. The summed E-state index contributed by atoms with van der Waals surface area (Å²) in [5.74, 6) is -0.321. The average molecular weight is 411 g/mol. The van der Waals surface area contributed by atoms with E-state index in [1.807, 2.05) is 37.3 Å². The molecule has 142 valence electrons. The Hall–Kier alpha value is -2.50. The van der Waals surface area contributed by atoms with Crippen LogP contribution in [0.4, 0.5) is 5.69 Å². The molecule has 0 aromatic heterocycles. The van der Waals surface area contributed by atoms with Crippen molar-refractivity contribution in [3.8, 4) is 0 Å². The number of fused-ring (bicyclic) bond motifs is 2. The first-order valence-electron chi connectivity index (χ1n) is 9.05. The van der Waals surface area contributed by atoms with Crippen LogP contribution in [0.5, 0.6) is 0 Å². The number of rotatable bonds is 4. The van der Waals surface area contributed by atoms with Gasteiger partial charge in [-0.3, -0.25) is 9.59 Å². The van der Waals surface area contributed by atoms with Crippen LogP contribution in [0.1, 0.15) is 24.9 Å². The van der Waals surface area contributed by atoms with E-state index in [1.165, 1.54) is 11.8 Å². The summed E-state index contributed by atoms with van der Waals surface area (Å²) in [6.07, 6.45) is 0.119. The third kappa shape index (κ3) is 3.86. The van der Waals surface area contributed by atoms with Gasteiger partial charge in [-0.15, -0.1) is 11.8 Å². The Morgan fingerprint density at radius 1 is 1.18 bits per heavy atom. The van der Waals surface area contributed by atoms with E-state index in [-0.39, 0.29) is 24.3 Å². The Morgan fingerprint density at radius 2 is 1.96 bits per heavy atom. The fourth-order valence-electron chi connectivity index (χ4n) is 3.43. The molecular weight excluding hydrogens is 392 g/mol. The summed E-state index contributed by atoms with van der Waals surface area (Å²) < 4.78 is 0. The second kappa shape index (κ2) is 7.86. The molecule has 3 aromatic carbocycles. The Balaban J connectivity index is 1.45. The van der Waals surface area contributed by atoms with Gasteiger partial charge in [0.25, 0.3) is 0 Å². The van der Waals surface area contributed by atoms with E-state index in [0.717, 1.165) is 21.2 Å². The molecule has 2 N–H and O–H groups in total. The summed E-state index contributed by atoms with van der Waals surface area (Å²) in [6.45, 7) is 1.96. The molecule has 0 fully saturated rings. The molecule has 1 aliphatic rings. The highest BCUT2D eigenvalue weighted by molar-refractivity contribution is 8.01. The van der Waals surface area contributed by atoms with Crippen LogP contribution in [0.25, 0.3) is 10.8 Å². The molecule has 0 bridgehead atoms. The highest BCUT2D eigenvalue weighted by Gasteiger charge is 2.29. The SMILES string of the molecule is CC(NC(=O)CC1Sc2ccc(Cl)cc2NC1=O)c1cccc2ccccc12. The van der Waals surface area contributed by atoms with E-state index in [1.54, 1.807) is 12.1 Å². The number of anilines is 1. The number of halogens is 1. The predicted octanol–water partition coefficient (Wildman–Crippen LogP) is 5.17. The van der Waals surface area contributed by atoms with Gasteiger partial charge in [-0.25, -0.2) is 0 Å². The second-order valence-corrected chi connectivity index (χ2v) is 8.48. The van der Waals surface area contributed by atoms with Crippen molar-refractivity contribution < 1.29 is 9.59 Å². The maximum absolute atomic E-state index is 12.6. The van der Waals surface area contributed by atoms with Gasteiger partial charge in [0.05, 0.1) is 17.0 Å². The Bertz CT molecular complexity index is 1060. The quantitative estimate of drug-likeness (QED) is 0.623. The van der Waals surface area contributed by atoms with Crippen LogP contribution in [0, 0.1) is 0 Å². The van der Waals surface area contributed by atoms with Gasteiger partial charge < -0.3 is 10.6 Å². The zero-order valence-electron chi connectivity index (χ0n) is 15.2. The standard InChI is InChI=1S/C22H19ClN2O2S/c1-13(16-8-4-6-14-5-2-3-7-17(14)16)24-21(26)12-20-22(27)25-18-11-15(23)9-10-19(18)28-20/h2-11,13,20H,12H2,1H3,(H,24,26)(H,25,27). The first-order valence-corrected chi connectivity index (χ1v) is 10.3. The van der Waals surface area contributed by atoms with Gasteiger partial charge in [0.1, 0.15) is 0 Å². The fourth-order valence-corrected chi connectivity index (χ4v) is 4.69. The first kappa shape index (κ1) is 18.8. The molecule has 4 nitrogen and oxygen atoms in total. The van der Waals surface area contributed by atoms with Crippen molar-refractivity contribution >= 4 is 51.6 Å². The summed E-state index contributed by atoms with van der Waals surface area (Å²) in [5.41, 5.74) is 1.76. The van der Waals surface area contributed by atoms with Crippen LogP contribution >= 0.6 is 23.4 Å². The van der Waals surface area contributed by atoms with E-state index in [4.69, 9.17) is 11.6 Å². The minimum Gasteiger partial charge on any atom is -0.350 e. The molecule has 2 atom stereocenters. The van der Waals surface area contributed by atoms with Crippen molar-refractivity contribution in [3.05, 3.63) is 71.2 Å². The number of carbonyl (C=O) groups excluding carboxylic acids is 2. The number of benzene rings is 3. The van der Waals surface area contributed by atoms with Gasteiger partial charge in [0.2, 0.25) is 11.8 Å². The molecule has 1 heterocycles. The summed E-state index contributed by atoms with van der Waals surface area (Å²) in [6, 6.07) is 19.4. The fraction of sp³-hybridized carbons (Fsp3) is 0.182. The van der Waals surface area contributed by atoms with Crippen LogP contribution in [-0.2, 0) is 9.59 Å². The van der Waals surface area contributed by atoms with Gasteiger partial charge in [0, 0.05) is 16.3 Å². The number of hydrogen-bond donors (Lipinski definition) is 2. The van der Waals surface area contributed by atoms with Crippen molar-refractivity contribution in [1.82, 2.24) is 5.32 Å². The molecule has 0 saturated heterocycles. The minimum absolute atomic E-state index is 0.119. The highest BCUT2D eigenvalue weighted by atomic mass is 35.5. The largest absolute Gasteiger partial charge is 0.350 e. The normalized spacial score (nSPS) is 16.9. The molecule has 1 aliphatic heterocycles. The smallest absolute Gasteiger partial charge is 0.238 e. The van der Waals surface area contributed by atoms with E-state index >= 15 is 0 Å². The highest BCUT2D eigenvalue weighted by Crippen LogP contribution is 2.38. The Labute approximate surface area is 172 Å². The maximum atomic E-state index is 12.6. The molecule has 3 aromatic rings. The molecule has 4 rings (SSSR count). The van der Waals surface area contributed by atoms with Crippen molar-refractivity contribution in [2.24, 2.45) is 0 Å². The number of amides is 2. The van der Waals surface area contributed by atoms with Crippen molar-refractivity contribution in [2.75, 3.05) is 5.32 Å². The van der Waals surface area contributed by atoms with Crippen LogP contribution in [0.15, 0.2) is 65.6 Å². The van der Waals surface area contributed by atoms with Gasteiger partial charge in [0.15, 0.2) is 0 Å². The second-order valence-electron chi connectivity index (χ2n) is 6.80. The van der Waals surface area contributed by atoms with Crippen molar-refractivity contribution in [3.63, 3.8) is 0 Å². The monoisotopic (exact) mass is 410 g/mol. The van der Waals surface area contributed by atoms with Gasteiger partial charge in [-0.1, -0.05) is 54.1 Å². The molecule has 0 spiro atoms. The van der Waals surface area contributed by atoms with Crippen molar-refractivity contribution in [1.29, 1.82) is 0 Å². The molecule has 28 heavy (non-hydrogen) atoms. The summed E-state index contributed by atoms with van der Waals surface area (Å²) in [5, 5.41) is 8.24. The third-order valence-corrected chi connectivity index (χ3v) is 6.31. The zero-order chi connectivity index (χ0) is 19.7.